The van der Waals surface area contributed by atoms with Crippen LogP contribution in [-0.2, 0) is 4.79 Å². The molecule has 5 heteroatoms. The van der Waals surface area contributed by atoms with Crippen molar-refractivity contribution in [3.8, 4) is 0 Å². The standard InChI is InChI=1S/C14H22N4O/c1-9(2)18-12(6-7-16-18)17-14(19)13-11-5-3-4-10(11)8-15-13/h6-7,9-11,13,15H,3-5,8H2,1-2H3,(H,17,19). The van der Waals surface area contributed by atoms with E-state index in [9.17, 15) is 4.79 Å². The van der Waals surface area contributed by atoms with Gasteiger partial charge in [-0.3, -0.25) is 4.79 Å². The molecule has 2 aliphatic rings. The fourth-order valence-corrected chi connectivity index (χ4v) is 3.50. The molecule has 5 nitrogen and oxygen atoms in total. The van der Waals surface area contributed by atoms with Crippen LogP contribution in [0.3, 0.4) is 0 Å². The molecule has 1 aliphatic carbocycles. The van der Waals surface area contributed by atoms with Crippen LogP contribution < -0.4 is 10.6 Å². The molecule has 0 aromatic carbocycles. The Hall–Kier alpha value is -1.36. The van der Waals surface area contributed by atoms with Gasteiger partial charge in [0.2, 0.25) is 5.91 Å². The highest BCUT2D eigenvalue weighted by Gasteiger charge is 2.42. The number of rotatable bonds is 3. The Labute approximate surface area is 113 Å². The summed E-state index contributed by atoms with van der Waals surface area (Å²) in [5, 5.41) is 10.6. The molecule has 2 fully saturated rings. The molecule has 19 heavy (non-hydrogen) atoms. The number of hydrogen-bond donors (Lipinski definition) is 2. The number of fused-ring (bicyclic) bond motifs is 1. The van der Waals surface area contributed by atoms with Crippen molar-refractivity contribution in [3.63, 3.8) is 0 Å². The van der Waals surface area contributed by atoms with Crippen molar-refractivity contribution >= 4 is 11.7 Å². The van der Waals surface area contributed by atoms with Gasteiger partial charge in [-0.25, -0.2) is 4.68 Å². The van der Waals surface area contributed by atoms with Gasteiger partial charge < -0.3 is 10.6 Å². The predicted molar refractivity (Wildman–Crippen MR) is 73.9 cm³/mol. The minimum atomic E-state index is -0.0250. The van der Waals surface area contributed by atoms with E-state index in [1.54, 1.807) is 6.20 Å². The number of nitrogens with one attached hydrogen (secondary N) is 2. The summed E-state index contributed by atoms with van der Waals surface area (Å²) in [5.41, 5.74) is 0. The quantitative estimate of drug-likeness (QED) is 0.873. The minimum Gasteiger partial charge on any atom is -0.310 e. The maximum atomic E-state index is 12.4. The van der Waals surface area contributed by atoms with Gasteiger partial charge in [0.05, 0.1) is 12.2 Å². The summed E-state index contributed by atoms with van der Waals surface area (Å²) in [6.07, 6.45) is 5.45. The molecule has 0 radical (unpaired) electrons. The van der Waals surface area contributed by atoms with Gasteiger partial charge in [-0.1, -0.05) is 6.42 Å². The molecule has 3 rings (SSSR count). The second-order valence-electron chi connectivity index (χ2n) is 5.98. The van der Waals surface area contributed by atoms with E-state index in [0.29, 0.717) is 11.8 Å². The summed E-state index contributed by atoms with van der Waals surface area (Å²) in [4.78, 5) is 12.4. The summed E-state index contributed by atoms with van der Waals surface area (Å²) in [5.74, 6) is 2.11. The summed E-state index contributed by atoms with van der Waals surface area (Å²) in [6.45, 7) is 5.11. The SMILES string of the molecule is CC(C)n1nccc1NC(=O)C1NCC2CCCC21. The Morgan fingerprint density at radius 2 is 2.37 bits per heavy atom. The van der Waals surface area contributed by atoms with E-state index in [0.717, 1.165) is 12.4 Å². The average Bonchev–Trinajstić information content (AvgIpc) is 3.02. The van der Waals surface area contributed by atoms with Crippen molar-refractivity contribution in [2.45, 2.75) is 45.2 Å². The molecular weight excluding hydrogens is 240 g/mol. The van der Waals surface area contributed by atoms with Crippen LogP contribution >= 0.6 is 0 Å². The van der Waals surface area contributed by atoms with E-state index in [2.05, 4.69) is 29.6 Å². The van der Waals surface area contributed by atoms with Crippen molar-refractivity contribution in [1.82, 2.24) is 15.1 Å². The zero-order chi connectivity index (χ0) is 13.4. The third-order valence-corrected chi connectivity index (χ3v) is 4.44. The van der Waals surface area contributed by atoms with Gasteiger partial charge in [0.15, 0.2) is 0 Å². The molecule has 1 aromatic rings. The van der Waals surface area contributed by atoms with Crippen LogP contribution in [-0.4, -0.2) is 28.3 Å². The Morgan fingerprint density at radius 3 is 3.16 bits per heavy atom. The molecule has 1 aliphatic heterocycles. The van der Waals surface area contributed by atoms with Gasteiger partial charge in [0.25, 0.3) is 0 Å². The lowest BCUT2D eigenvalue weighted by Gasteiger charge is -2.19. The normalized spacial score (nSPS) is 29.7. The van der Waals surface area contributed by atoms with E-state index in [4.69, 9.17) is 0 Å². The number of anilines is 1. The Morgan fingerprint density at radius 1 is 1.53 bits per heavy atom. The lowest BCUT2D eigenvalue weighted by atomic mass is 9.94. The first-order chi connectivity index (χ1) is 9.16. The highest BCUT2D eigenvalue weighted by Crippen LogP contribution is 2.38. The molecule has 2 heterocycles. The van der Waals surface area contributed by atoms with Gasteiger partial charge >= 0.3 is 0 Å². The van der Waals surface area contributed by atoms with E-state index in [1.807, 2.05) is 10.7 Å². The number of nitrogens with zero attached hydrogens (tertiary/aromatic N) is 2. The van der Waals surface area contributed by atoms with Crippen LogP contribution in [0, 0.1) is 11.8 Å². The van der Waals surface area contributed by atoms with Crippen molar-refractivity contribution in [3.05, 3.63) is 12.3 Å². The summed E-state index contributed by atoms with van der Waals surface area (Å²) in [7, 11) is 0. The van der Waals surface area contributed by atoms with Crippen LogP contribution in [0.5, 0.6) is 0 Å². The molecule has 2 N–H and O–H groups in total. The van der Waals surface area contributed by atoms with Crippen molar-refractivity contribution in [2.24, 2.45) is 11.8 Å². The van der Waals surface area contributed by atoms with Crippen LogP contribution in [0.15, 0.2) is 12.3 Å². The highest BCUT2D eigenvalue weighted by molar-refractivity contribution is 5.94. The number of hydrogen-bond acceptors (Lipinski definition) is 3. The van der Waals surface area contributed by atoms with E-state index in [-0.39, 0.29) is 18.0 Å². The zero-order valence-electron chi connectivity index (χ0n) is 11.6. The summed E-state index contributed by atoms with van der Waals surface area (Å²) in [6, 6.07) is 2.09. The first-order valence-corrected chi connectivity index (χ1v) is 7.24. The average molecular weight is 262 g/mol. The fraction of sp³-hybridized carbons (Fsp3) is 0.714. The predicted octanol–water partition coefficient (Wildman–Crippen LogP) is 1.79. The van der Waals surface area contributed by atoms with Crippen molar-refractivity contribution in [2.75, 3.05) is 11.9 Å². The Balaban J connectivity index is 1.69. The smallest absolute Gasteiger partial charge is 0.242 e. The molecule has 3 unspecified atom stereocenters. The third kappa shape index (κ3) is 2.27. The maximum absolute atomic E-state index is 12.4. The number of amides is 1. The van der Waals surface area contributed by atoms with Crippen LogP contribution in [0.1, 0.15) is 39.2 Å². The number of aromatic nitrogens is 2. The minimum absolute atomic E-state index is 0.0250. The Bertz CT molecular complexity index is 468. The molecule has 3 atom stereocenters. The molecule has 1 amide bonds. The first kappa shape index (κ1) is 12.7. The van der Waals surface area contributed by atoms with E-state index < -0.39 is 0 Å². The first-order valence-electron chi connectivity index (χ1n) is 7.24. The molecule has 104 valence electrons. The van der Waals surface area contributed by atoms with Crippen LogP contribution in [0.2, 0.25) is 0 Å². The van der Waals surface area contributed by atoms with Crippen molar-refractivity contribution in [1.29, 1.82) is 0 Å². The lowest BCUT2D eigenvalue weighted by Crippen LogP contribution is -2.40. The lowest BCUT2D eigenvalue weighted by molar-refractivity contribution is -0.118. The van der Waals surface area contributed by atoms with Crippen LogP contribution in [0.4, 0.5) is 5.82 Å². The fourth-order valence-electron chi connectivity index (χ4n) is 3.50. The van der Waals surface area contributed by atoms with Crippen LogP contribution in [0.25, 0.3) is 0 Å². The second kappa shape index (κ2) is 4.96. The number of carbonyl (C=O) groups is 1. The van der Waals surface area contributed by atoms with Gasteiger partial charge in [-0.2, -0.15) is 5.10 Å². The van der Waals surface area contributed by atoms with Gasteiger partial charge in [-0.15, -0.1) is 0 Å². The summed E-state index contributed by atoms with van der Waals surface area (Å²) < 4.78 is 1.85. The zero-order valence-corrected chi connectivity index (χ0v) is 11.6. The monoisotopic (exact) mass is 262 g/mol. The highest BCUT2D eigenvalue weighted by atomic mass is 16.2. The molecule has 1 saturated carbocycles. The molecule has 1 saturated heterocycles. The van der Waals surface area contributed by atoms with E-state index >= 15 is 0 Å². The topological polar surface area (TPSA) is 59.0 Å². The number of carbonyl (C=O) groups excluding carboxylic acids is 1. The van der Waals surface area contributed by atoms with Gasteiger partial charge in [-0.05, 0) is 45.1 Å². The third-order valence-electron chi connectivity index (χ3n) is 4.44. The molecule has 0 spiro atoms. The second-order valence-corrected chi connectivity index (χ2v) is 5.98. The van der Waals surface area contributed by atoms with Crippen molar-refractivity contribution < 1.29 is 4.79 Å². The molecular formula is C14H22N4O. The molecule has 0 bridgehead atoms. The van der Waals surface area contributed by atoms with Gasteiger partial charge in [0.1, 0.15) is 5.82 Å². The van der Waals surface area contributed by atoms with Gasteiger partial charge in [0, 0.05) is 12.1 Å². The Kier molecular flexibility index (Phi) is 3.31. The summed E-state index contributed by atoms with van der Waals surface area (Å²) >= 11 is 0. The molecule has 1 aromatic heterocycles. The largest absolute Gasteiger partial charge is 0.310 e. The van der Waals surface area contributed by atoms with E-state index in [1.165, 1.54) is 19.3 Å². The maximum Gasteiger partial charge on any atom is 0.242 e.